The molecule has 1 atom stereocenters. The summed E-state index contributed by atoms with van der Waals surface area (Å²) in [5.74, 6) is 1.56. The van der Waals surface area contributed by atoms with Crippen molar-refractivity contribution in [1.82, 2.24) is 9.13 Å². The van der Waals surface area contributed by atoms with Crippen molar-refractivity contribution in [2.24, 2.45) is 15.9 Å². The van der Waals surface area contributed by atoms with E-state index in [-0.39, 0.29) is 5.92 Å². The van der Waals surface area contributed by atoms with E-state index >= 15 is 0 Å². The predicted octanol–water partition coefficient (Wildman–Crippen LogP) is 16.1. The summed E-state index contributed by atoms with van der Waals surface area (Å²) in [4.78, 5) is 11.6. The molecule has 9 aromatic carbocycles. The molecule has 0 aliphatic carbocycles. The van der Waals surface area contributed by atoms with Gasteiger partial charge in [0.05, 0.1) is 33.5 Å². The van der Waals surface area contributed by atoms with Crippen LogP contribution in [0.3, 0.4) is 0 Å². The maximum absolute atomic E-state index is 7.08. The highest BCUT2D eigenvalue weighted by Crippen LogP contribution is 2.43. The number of para-hydroxylation sites is 4. The molecule has 0 spiro atoms. The Morgan fingerprint density at radius 1 is 0.492 bits per heavy atom. The van der Waals surface area contributed by atoms with Crippen LogP contribution in [0, 0.1) is 5.92 Å². The number of allylic oxidation sites excluding steroid dienone is 1. The average Bonchev–Trinajstić information content (AvgIpc) is 4.11. The Morgan fingerprint density at radius 3 is 1.88 bits per heavy atom. The van der Waals surface area contributed by atoms with Gasteiger partial charge >= 0.3 is 0 Å². The molecule has 0 radical (unpaired) electrons. The van der Waals surface area contributed by atoms with Gasteiger partial charge in [-0.05, 0) is 83.9 Å². The SMILES string of the molecule is CC1C/C=C(n2c3ccccc3c3ccccc32)/N=C(c2ccc(-n3c4ccccc4c4cc5ccccc5cc43)c3oc4ccccc4c23)\N=C/1c1cccc2sc3ccccc3c12. The van der Waals surface area contributed by atoms with E-state index in [9.17, 15) is 0 Å². The van der Waals surface area contributed by atoms with Crippen LogP contribution in [0.15, 0.2) is 209 Å². The number of aromatic nitrogens is 2. The minimum absolute atomic E-state index is 0.0659. The molecular weight excluding hydrogens is 813 g/mol. The van der Waals surface area contributed by atoms with Gasteiger partial charge in [-0.25, -0.2) is 9.98 Å². The number of amidine groups is 1. The van der Waals surface area contributed by atoms with E-state index in [2.05, 4.69) is 210 Å². The fraction of sp³-hybridized carbons (Fsp3) is 0.0508. The lowest BCUT2D eigenvalue weighted by Crippen LogP contribution is -2.18. The second-order valence-electron chi connectivity index (χ2n) is 17.3. The first-order valence-corrected chi connectivity index (χ1v) is 23.1. The molecule has 6 heteroatoms. The number of furan rings is 1. The van der Waals surface area contributed by atoms with Crippen LogP contribution in [0.1, 0.15) is 24.5 Å². The molecule has 4 aromatic heterocycles. The first-order valence-electron chi connectivity index (χ1n) is 22.3. The maximum Gasteiger partial charge on any atom is 0.162 e. The largest absolute Gasteiger partial charge is 0.454 e. The van der Waals surface area contributed by atoms with Crippen molar-refractivity contribution in [1.29, 1.82) is 0 Å². The monoisotopic (exact) mass is 850 g/mol. The number of rotatable bonds is 4. The molecule has 1 unspecified atom stereocenters. The molecule has 0 fully saturated rings. The van der Waals surface area contributed by atoms with Gasteiger partial charge in [-0.2, -0.15) is 0 Å². The normalized spacial score (nSPS) is 17.3. The summed E-state index contributed by atoms with van der Waals surface area (Å²) in [5.41, 5.74) is 10.2. The Morgan fingerprint density at radius 2 is 1.11 bits per heavy atom. The molecule has 1 aliphatic heterocycles. The molecule has 5 nitrogen and oxygen atoms in total. The van der Waals surface area contributed by atoms with E-state index in [0.29, 0.717) is 5.84 Å². The molecule has 5 heterocycles. The van der Waals surface area contributed by atoms with Crippen molar-refractivity contribution in [3.8, 4) is 5.69 Å². The smallest absolute Gasteiger partial charge is 0.162 e. The quantitative estimate of drug-likeness (QED) is 0.174. The van der Waals surface area contributed by atoms with Crippen molar-refractivity contribution < 1.29 is 4.42 Å². The van der Waals surface area contributed by atoms with E-state index in [4.69, 9.17) is 14.4 Å². The van der Waals surface area contributed by atoms with E-state index in [1.165, 1.54) is 52.5 Å². The Hall–Kier alpha value is -8.06. The number of fused-ring (bicyclic) bond motifs is 13. The number of nitrogens with zero attached hydrogens (tertiary/aromatic N) is 4. The molecule has 306 valence electrons. The molecule has 0 amide bonds. The lowest BCUT2D eigenvalue weighted by Gasteiger charge is -2.20. The highest BCUT2D eigenvalue weighted by Gasteiger charge is 2.27. The van der Waals surface area contributed by atoms with Crippen LogP contribution < -0.4 is 0 Å². The van der Waals surface area contributed by atoms with Crippen LogP contribution in [0.5, 0.6) is 0 Å². The summed E-state index contributed by atoms with van der Waals surface area (Å²) in [7, 11) is 0. The van der Waals surface area contributed by atoms with Crippen molar-refractivity contribution in [2.45, 2.75) is 13.3 Å². The van der Waals surface area contributed by atoms with Crippen LogP contribution in [-0.2, 0) is 0 Å². The van der Waals surface area contributed by atoms with Crippen LogP contribution >= 0.6 is 11.3 Å². The van der Waals surface area contributed by atoms with Crippen molar-refractivity contribution in [3.05, 3.63) is 205 Å². The van der Waals surface area contributed by atoms with Gasteiger partial charge in [0.15, 0.2) is 11.4 Å². The molecule has 14 rings (SSSR count). The summed E-state index contributed by atoms with van der Waals surface area (Å²) in [5, 5.41) is 11.7. The minimum Gasteiger partial charge on any atom is -0.454 e. The molecule has 1 aliphatic rings. The fourth-order valence-corrected chi connectivity index (χ4v) is 11.8. The zero-order valence-electron chi connectivity index (χ0n) is 35.4. The van der Waals surface area contributed by atoms with Gasteiger partial charge in [0.2, 0.25) is 0 Å². The fourth-order valence-electron chi connectivity index (χ4n) is 10.6. The standard InChI is InChI=1S/C59H38N4OS/c1-35-29-32-54(63-47-24-10-4-17-38(47)39-18-5-11-25-48(39)63)60-59(61-57(35)43-22-14-28-53-55(43)42-21-8-13-27-52(42)65-53)44-30-31-49(58-56(44)41-20-7-12-26-51(41)64-58)62-46-23-9-6-19-40(46)45-33-36-15-2-3-16-37(36)34-50(45)62/h2-28,30-35H,29H2,1H3/b54-32-,60-59-,61-57+. The summed E-state index contributed by atoms with van der Waals surface area (Å²) < 4.78 is 14.3. The van der Waals surface area contributed by atoms with Crippen LogP contribution in [0.4, 0.5) is 0 Å². The molecule has 13 aromatic rings. The zero-order chi connectivity index (χ0) is 42.8. The number of aliphatic imine (C=N–C) groups is 2. The Kier molecular flexibility index (Phi) is 7.83. The molecule has 0 N–H and O–H groups in total. The van der Waals surface area contributed by atoms with Crippen molar-refractivity contribution >= 4 is 125 Å². The minimum atomic E-state index is 0.0659. The first-order chi connectivity index (χ1) is 32.2. The average molecular weight is 851 g/mol. The third-order valence-electron chi connectivity index (χ3n) is 13.6. The number of benzene rings is 9. The Labute approximate surface area is 377 Å². The summed E-state index contributed by atoms with van der Waals surface area (Å²) in [6, 6.07) is 67.6. The van der Waals surface area contributed by atoms with Gasteiger partial charge < -0.3 is 8.98 Å². The van der Waals surface area contributed by atoms with Gasteiger partial charge in [-0.15, -0.1) is 11.3 Å². The number of thiophene rings is 1. The topological polar surface area (TPSA) is 47.7 Å². The highest BCUT2D eigenvalue weighted by molar-refractivity contribution is 7.25. The van der Waals surface area contributed by atoms with E-state index in [1.807, 2.05) is 11.3 Å². The van der Waals surface area contributed by atoms with Crippen LogP contribution in [0.25, 0.3) is 108 Å². The van der Waals surface area contributed by atoms with Crippen molar-refractivity contribution in [3.63, 3.8) is 0 Å². The van der Waals surface area contributed by atoms with Crippen LogP contribution in [0.2, 0.25) is 0 Å². The van der Waals surface area contributed by atoms with Crippen LogP contribution in [-0.4, -0.2) is 20.7 Å². The third-order valence-corrected chi connectivity index (χ3v) is 14.7. The summed E-state index contributed by atoms with van der Waals surface area (Å²) >= 11 is 1.84. The maximum atomic E-state index is 7.08. The first kappa shape index (κ1) is 36.4. The molecular formula is C59H38N4OS. The van der Waals surface area contributed by atoms with E-state index in [0.717, 1.165) is 78.8 Å². The van der Waals surface area contributed by atoms with Gasteiger partial charge in [-0.1, -0.05) is 134 Å². The molecule has 65 heavy (non-hydrogen) atoms. The lowest BCUT2D eigenvalue weighted by molar-refractivity contribution is 0.666. The van der Waals surface area contributed by atoms with Gasteiger partial charge in [-0.3, -0.25) is 4.57 Å². The number of hydrogen-bond acceptors (Lipinski definition) is 4. The second kappa shape index (κ2) is 14.0. The molecule has 0 saturated heterocycles. The van der Waals surface area contributed by atoms with E-state index < -0.39 is 0 Å². The lowest BCUT2D eigenvalue weighted by atomic mass is 9.91. The summed E-state index contributed by atoms with van der Waals surface area (Å²) in [6.45, 7) is 2.31. The summed E-state index contributed by atoms with van der Waals surface area (Å²) in [6.07, 6.45) is 3.08. The van der Waals surface area contributed by atoms with Gasteiger partial charge in [0.1, 0.15) is 11.4 Å². The van der Waals surface area contributed by atoms with Gasteiger partial charge in [0, 0.05) is 69.5 Å². The molecule has 0 bridgehead atoms. The zero-order valence-corrected chi connectivity index (χ0v) is 36.2. The van der Waals surface area contributed by atoms with Gasteiger partial charge in [0.25, 0.3) is 0 Å². The third kappa shape index (κ3) is 5.38. The Bertz CT molecular complexity index is 4190. The second-order valence-corrected chi connectivity index (χ2v) is 18.4. The predicted molar refractivity (Wildman–Crippen MR) is 275 cm³/mol. The highest BCUT2D eigenvalue weighted by atomic mass is 32.1. The van der Waals surface area contributed by atoms with E-state index in [1.54, 1.807) is 0 Å². The Balaban J connectivity index is 1.09. The number of hydrogen-bond donors (Lipinski definition) is 0. The van der Waals surface area contributed by atoms with Crippen molar-refractivity contribution in [2.75, 3.05) is 0 Å². The molecule has 0 saturated carbocycles.